The molecule has 2 nitrogen and oxygen atoms in total. The van der Waals surface area contributed by atoms with Crippen molar-refractivity contribution in [2.75, 3.05) is 5.75 Å². The van der Waals surface area contributed by atoms with Crippen LogP contribution in [0.2, 0.25) is 0 Å². The molecule has 0 aliphatic heterocycles. The maximum Gasteiger partial charge on any atom is 0.209 e. The van der Waals surface area contributed by atoms with Crippen molar-refractivity contribution in [3.05, 3.63) is 11.5 Å². The van der Waals surface area contributed by atoms with Crippen LogP contribution < -0.4 is 0 Å². The normalized spacial score (nSPS) is 8.88. The van der Waals surface area contributed by atoms with E-state index >= 15 is 0 Å². The zero-order valence-electron chi connectivity index (χ0n) is 4.13. The average molecular weight is 126 g/mol. The summed E-state index contributed by atoms with van der Waals surface area (Å²) in [4.78, 5) is 9.51. The predicted molar refractivity (Wildman–Crippen MR) is 32.9 cm³/mol. The molecule has 0 aromatic heterocycles. The highest BCUT2D eigenvalue weighted by Gasteiger charge is 1.75. The summed E-state index contributed by atoms with van der Waals surface area (Å²) < 4.78 is 0. The zero-order chi connectivity index (χ0) is 6.24. The molecule has 0 amide bonds. The summed E-state index contributed by atoms with van der Waals surface area (Å²) in [5.74, 6) is 0.304. The van der Waals surface area contributed by atoms with E-state index < -0.39 is 0 Å². The van der Waals surface area contributed by atoms with Crippen LogP contribution in [0.1, 0.15) is 0 Å². The highest BCUT2D eigenvalue weighted by atomic mass is 32.2. The van der Waals surface area contributed by atoms with Crippen LogP contribution in [0.15, 0.2) is 11.5 Å². The first-order chi connectivity index (χ1) is 3.91. The minimum Gasteiger partial charge on any atom is -0.290 e. The average Bonchev–Trinajstić information content (AvgIpc) is 1.81. The highest BCUT2D eigenvalue weighted by Crippen LogP contribution is 1.96. The Kier molecular flexibility index (Phi) is 5.66. The zero-order valence-corrected chi connectivity index (χ0v) is 4.94. The molecule has 3 heteroatoms. The number of nitriles is 1. The molecule has 0 N–H and O–H groups in total. The van der Waals surface area contributed by atoms with Crippen LogP contribution >= 0.6 is 11.8 Å². The highest BCUT2D eigenvalue weighted by molar-refractivity contribution is 8.02. The molecule has 0 aromatic carbocycles. The van der Waals surface area contributed by atoms with Crippen LogP contribution in [-0.4, -0.2) is 12.0 Å². The lowest BCUT2D eigenvalue weighted by Gasteiger charge is -1.74. The molecule has 0 unspecified atom stereocenters. The van der Waals surface area contributed by atoms with Crippen LogP contribution in [0.25, 0.3) is 0 Å². The lowest BCUT2D eigenvalue weighted by molar-refractivity contribution is 0.560. The molecule has 1 radical (unpaired) electrons. The Labute approximate surface area is 52.2 Å². The summed E-state index contributed by atoms with van der Waals surface area (Å²) >= 11 is 1.25. The SMILES string of the molecule is N#C/C=C/SC[C]=O. The van der Waals surface area contributed by atoms with E-state index in [-0.39, 0.29) is 0 Å². The van der Waals surface area contributed by atoms with Crippen molar-refractivity contribution in [2.45, 2.75) is 0 Å². The van der Waals surface area contributed by atoms with Crippen LogP contribution in [0.3, 0.4) is 0 Å². The van der Waals surface area contributed by atoms with E-state index in [1.165, 1.54) is 17.8 Å². The lowest BCUT2D eigenvalue weighted by atomic mass is 10.7. The number of allylic oxidation sites excluding steroid dienone is 1. The Morgan fingerprint density at radius 2 is 2.50 bits per heavy atom. The van der Waals surface area contributed by atoms with Gasteiger partial charge in [0.25, 0.3) is 0 Å². The van der Waals surface area contributed by atoms with E-state index in [1.54, 1.807) is 17.8 Å². The third-order valence-corrected chi connectivity index (χ3v) is 0.994. The molecule has 0 spiro atoms. The van der Waals surface area contributed by atoms with E-state index in [9.17, 15) is 4.79 Å². The molecule has 0 saturated heterocycles. The summed E-state index contributed by atoms with van der Waals surface area (Å²) in [5, 5.41) is 9.48. The summed E-state index contributed by atoms with van der Waals surface area (Å²) in [6, 6.07) is 1.80. The van der Waals surface area contributed by atoms with Gasteiger partial charge in [-0.1, -0.05) is 0 Å². The van der Waals surface area contributed by atoms with Gasteiger partial charge in [0.1, 0.15) is 0 Å². The van der Waals surface area contributed by atoms with Gasteiger partial charge in [0.05, 0.1) is 11.8 Å². The van der Waals surface area contributed by atoms with Gasteiger partial charge in [-0.15, -0.1) is 11.8 Å². The monoisotopic (exact) mass is 126 g/mol. The van der Waals surface area contributed by atoms with Gasteiger partial charge < -0.3 is 0 Å². The number of rotatable bonds is 3. The second-order valence-corrected chi connectivity index (χ2v) is 1.78. The van der Waals surface area contributed by atoms with Crippen molar-refractivity contribution in [1.29, 1.82) is 5.26 Å². The minimum atomic E-state index is 0.304. The second kappa shape index (κ2) is 6.25. The smallest absolute Gasteiger partial charge is 0.209 e. The maximum absolute atomic E-state index is 9.51. The first-order valence-corrected chi connectivity index (χ1v) is 2.98. The topological polar surface area (TPSA) is 40.9 Å². The van der Waals surface area contributed by atoms with Crippen molar-refractivity contribution < 1.29 is 4.79 Å². The standard InChI is InChI=1S/C5H4NOS/c6-2-1-4-8-5-3-7/h1,4H,5H2/b4-1+. The molecule has 0 rings (SSSR count). The fourth-order valence-corrected chi connectivity index (χ4v) is 0.482. The molecule has 0 aliphatic rings. The number of nitrogens with zero attached hydrogens (tertiary/aromatic N) is 1. The summed E-state index contributed by atoms with van der Waals surface area (Å²) in [6.45, 7) is 0. The molecule has 0 bridgehead atoms. The Morgan fingerprint density at radius 3 is 3.00 bits per heavy atom. The quantitative estimate of drug-likeness (QED) is 0.416. The largest absolute Gasteiger partial charge is 0.290 e. The van der Waals surface area contributed by atoms with E-state index in [1.807, 2.05) is 0 Å². The molecule has 0 aromatic rings. The summed E-state index contributed by atoms with van der Waals surface area (Å²) in [6.07, 6.45) is 3.00. The number of hydrogen-bond acceptors (Lipinski definition) is 3. The van der Waals surface area contributed by atoms with Crippen molar-refractivity contribution >= 4 is 18.0 Å². The van der Waals surface area contributed by atoms with Gasteiger partial charge in [-0.25, -0.2) is 0 Å². The summed E-state index contributed by atoms with van der Waals surface area (Å²) in [7, 11) is 0. The van der Waals surface area contributed by atoms with Crippen LogP contribution in [0.4, 0.5) is 0 Å². The molecular formula is C5H4NOS. The second-order valence-electron chi connectivity index (χ2n) is 0.887. The molecule has 8 heavy (non-hydrogen) atoms. The molecule has 0 saturated carbocycles. The van der Waals surface area contributed by atoms with Gasteiger partial charge in [0, 0.05) is 6.08 Å². The van der Waals surface area contributed by atoms with Crippen molar-refractivity contribution in [3.63, 3.8) is 0 Å². The summed E-state index contributed by atoms with van der Waals surface area (Å²) in [5.41, 5.74) is 0. The van der Waals surface area contributed by atoms with Crippen molar-refractivity contribution in [3.8, 4) is 6.07 Å². The number of thioether (sulfide) groups is 1. The Morgan fingerprint density at radius 1 is 1.75 bits per heavy atom. The molecule has 0 heterocycles. The van der Waals surface area contributed by atoms with Crippen LogP contribution in [-0.2, 0) is 4.79 Å². The van der Waals surface area contributed by atoms with E-state index in [4.69, 9.17) is 5.26 Å². The Bertz CT molecular complexity index is 125. The third-order valence-electron chi connectivity index (χ3n) is 0.381. The van der Waals surface area contributed by atoms with Gasteiger partial charge in [-0.05, 0) is 5.41 Å². The maximum atomic E-state index is 9.51. The van der Waals surface area contributed by atoms with Gasteiger partial charge >= 0.3 is 0 Å². The van der Waals surface area contributed by atoms with Gasteiger partial charge in [0.2, 0.25) is 6.29 Å². The van der Waals surface area contributed by atoms with E-state index in [2.05, 4.69) is 0 Å². The first-order valence-electron chi connectivity index (χ1n) is 1.93. The Balaban J connectivity index is 3.06. The van der Waals surface area contributed by atoms with E-state index in [0.717, 1.165) is 0 Å². The van der Waals surface area contributed by atoms with Gasteiger partial charge in [0.15, 0.2) is 0 Å². The van der Waals surface area contributed by atoms with Gasteiger partial charge in [-0.3, -0.25) is 4.79 Å². The predicted octanol–water partition coefficient (Wildman–Crippen LogP) is 0.867. The van der Waals surface area contributed by atoms with E-state index in [0.29, 0.717) is 5.75 Å². The fourth-order valence-electron chi connectivity index (χ4n) is 0.161. The molecule has 0 aliphatic carbocycles. The van der Waals surface area contributed by atoms with Crippen molar-refractivity contribution in [1.82, 2.24) is 0 Å². The van der Waals surface area contributed by atoms with Gasteiger partial charge in [-0.2, -0.15) is 5.26 Å². The van der Waals surface area contributed by atoms with Crippen molar-refractivity contribution in [2.24, 2.45) is 0 Å². The number of carbonyl (C=O) groups excluding carboxylic acids is 1. The fraction of sp³-hybridized carbons (Fsp3) is 0.200. The number of hydrogen-bond donors (Lipinski definition) is 0. The Hall–Kier alpha value is -0.750. The van der Waals surface area contributed by atoms with Crippen LogP contribution in [0.5, 0.6) is 0 Å². The molecular weight excluding hydrogens is 122 g/mol. The molecule has 0 fully saturated rings. The molecule has 41 valence electrons. The third kappa shape index (κ3) is 5.25. The molecule has 0 atom stereocenters. The first kappa shape index (κ1) is 7.25. The van der Waals surface area contributed by atoms with Crippen LogP contribution in [0, 0.1) is 11.3 Å². The minimum absolute atomic E-state index is 0.304. The lowest BCUT2D eigenvalue weighted by Crippen LogP contribution is -1.70.